The van der Waals surface area contributed by atoms with Crippen LogP contribution in [0.2, 0.25) is 0 Å². The van der Waals surface area contributed by atoms with Gasteiger partial charge in [-0.25, -0.2) is 0 Å². The van der Waals surface area contributed by atoms with Gasteiger partial charge in [0.05, 0.1) is 4.47 Å². The van der Waals surface area contributed by atoms with E-state index in [2.05, 4.69) is 47.6 Å². The standard InChI is InChI=1S/C19H29BrN2O3/c1-4-5-6-7-8-9-18(23)21-22-19(24)13-25-17-11-10-15(14(2)3)12-16(17)20/h10-12,14H,4-9,13H2,1-3H3,(H,21,23)(H,22,24). The molecule has 0 unspecified atom stereocenters. The third-order valence-corrected chi connectivity index (χ3v) is 4.45. The van der Waals surface area contributed by atoms with Crippen LogP contribution in [0.1, 0.15) is 70.8 Å². The highest BCUT2D eigenvalue weighted by Gasteiger charge is 2.09. The maximum absolute atomic E-state index is 11.8. The number of hydrogen-bond donors (Lipinski definition) is 2. The maximum atomic E-state index is 11.8. The summed E-state index contributed by atoms with van der Waals surface area (Å²) < 4.78 is 6.29. The normalized spacial score (nSPS) is 10.6. The van der Waals surface area contributed by atoms with Crippen LogP contribution in [0.25, 0.3) is 0 Å². The van der Waals surface area contributed by atoms with E-state index < -0.39 is 0 Å². The number of amides is 2. The van der Waals surface area contributed by atoms with Gasteiger partial charge in [0.25, 0.3) is 5.91 Å². The lowest BCUT2D eigenvalue weighted by Gasteiger charge is -2.12. The summed E-state index contributed by atoms with van der Waals surface area (Å²) in [6.45, 7) is 6.22. The van der Waals surface area contributed by atoms with Crippen molar-refractivity contribution in [2.75, 3.05) is 6.61 Å². The van der Waals surface area contributed by atoms with E-state index in [1.807, 2.05) is 18.2 Å². The van der Waals surface area contributed by atoms with Crippen molar-refractivity contribution >= 4 is 27.7 Å². The summed E-state index contributed by atoms with van der Waals surface area (Å²) >= 11 is 3.45. The minimum absolute atomic E-state index is 0.156. The highest BCUT2D eigenvalue weighted by molar-refractivity contribution is 9.10. The van der Waals surface area contributed by atoms with Crippen LogP contribution in [0.15, 0.2) is 22.7 Å². The van der Waals surface area contributed by atoms with E-state index in [4.69, 9.17) is 4.74 Å². The van der Waals surface area contributed by atoms with Crippen molar-refractivity contribution in [3.8, 4) is 5.75 Å². The molecule has 140 valence electrons. The largest absolute Gasteiger partial charge is 0.483 e. The van der Waals surface area contributed by atoms with E-state index in [1.54, 1.807) is 0 Å². The molecule has 1 aromatic carbocycles. The first-order valence-corrected chi connectivity index (χ1v) is 9.73. The molecule has 25 heavy (non-hydrogen) atoms. The first-order valence-electron chi connectivity index (χ1n) is 8.94. The van der Waals surface area contributed by atoms with Gasteiger partial charge in [-0.1, -0.05) is 52.5 Å². The van der Waals surface area contributed by atoms with Crippen LogP contribution in [0.3, 0.4) is 0 Å². The molecule has 2 N–H and O–H groups in total. The van der Waals surface area contributed by atoms with E-state index >= 15 is 0 Å². The average Bonchev–Trinajstić information content (AvgIpc) is 2.58. The molecule has 0 saturated carbocycles. The van der Waals surface area contributed by atoms with Crippen LogP contribution < -0.4 is 15.6 Å². The Hall–Kier alpha value is -1.56. The number of benzene rings is 1. The number of hydrazine groups is 1. The molecule has 0 atom stereocenters. The third-order valence-electron chi connectivity index (χ3n) is 3.83. The van der Waals surface area contributed by atoms with Crippen molar-refractivity contribution in [3.63, 3.8) is 0 Å². The summed E-state index contributed by atoms with van der Waals surface area (Å²) in [4.78, 5) is 23.4. The van der Waals surface area contributed by atoms with Gasteiger partial charge in [-0.05, 0) is 46.0 Å². The average molecular weight is 413 g/mol. The first-order chi connectivity index (χ1) is 11.9. The van der Waals surface area contributed by atoms with Gasteiger partial charge in [0, 0.05) is 6.42 Å². The fourth-order valence-corrected chi connectivity index (χ4v) is 2.77. The quantitative estimate of drug-likeness (QED) is 0.440. The molecule has 0 fully saturated rings. The van der Waals surface area contributed by atoms with Crippen molar-refractivity contribution < 1.29 is 14.3 Å². The van der Waals surface area contributed by atoms with Crippen molar-refractivity contribution in [3.05, 3.63) is 28.2 Å². The molecule has 0 spiro atoms. The maximum Gasteiger partial charge on any atom is 0.276 e. The summed E-state index contributed by atoms with van der Waals surface area (Å²) in [6, 6.07) is 5.79. The van der Waals surface area contributed by atoms with Crippen LogP contribution in [0.5, 0.6) is 5.75 Å². The zero-order chi connectivity index (χ0) is 18.7. The van der Waals surface area contributed by atoms with Crippen molar-refractivity contribution in [2.45, 2.75) is 65.2 Å². The monoisotopic (exact) mass is 412 g/mol. The zero-order valence-corrected chi connectivity index (χ0v) is 16.9. The summed E-state index contributed by atoms with van der Waals surface area (Å²) in [7, 11) is 0. The summed E-state index contributed by atoms with van der Waals surface area (Å²) in [6.07, 6.45) is 5.83. The minimum atomic E-state index is -0.390. The van der Waals surface area contributed by atoms with Crippen LogP contribution in [-0.4, -0.2) is 18.4 Å². The third kappa shape index (κ3) is 8.91. The van der Waals surface area contributed by atoms with Crippen LogP contribution in [-0.2, 0) is 9.59 Å². The molecular weight excluding hydrogens is 384 g/mol. The Morgan fingerprint density at radius 2 is 1.76 bits per heavy atom. The van der Waals surface area contributed by atoms with Gasteiger partial charge >= 0.3 is 0 Å². The van der Waals surface area contributed by atoms with E-state index in [9.17, 15) is 9.59 Å². The lowest BCUT2D eigenvalue weighted by atomic mass is 10.0. The van der Waals surface area contributed by atoms with Gasteiger partial charge in [-0.3, -0.25) is 20.4 Å². The fraction of sp³-hybridized carbons (Fsp3) is 0.579. The first kappa shape index (κ1) is 21.5. The lowest BCUT2D eigenvalue weighted by molar-refractivity contribution is -0.130. The predicted octanol–water partition coefficient (Wildman–Crippen LogP) is 4.46. The Balaban J connectivity index is 2.25. The minimum Gasteiger partial charge on any atom is -0.483 e. The van der Waals surface area contributed by atoms with Crippen LogP contribution in [0.4, 0.5) is 0 Å². The Labute approximate surface area is 159 Å². The second kappa shape index (κ2) is 11.9. The van der Waals surface area contributed by atoms with Crippen molar-refractivity contribution in [1.29, 1.82) is 0 Å². The molecule has 5 nitrogen and oxygen atoms in total. The van der Waals surface area contributed by atoms with Gasteiger partial charge in [0.1, 0.15) is 5.75 Å². The number of unbranched alkanes of at least 4 members (excludes halogenated alkanes) is 4. The summed E-state index contributed by atoms with van der Waals surface area (Å²) in [5, 5.41) is 0. The molecule has 0 aliphatic heterocycles. The molecule has 1 aromatic rings. The molecule has 0 aliphatic carbocycles. The number of halogens is 1. The molecule has 0 heterocycles. The summed E-state index contributed by atoms with van der Waals surface area (Å²) in [5.41, 5.74) is 5.98. The second-order valence-electron chi connectivity index (χ2n) is 6.39. The Morgan fingerprint density at radius 1 is 1.08 bits per heavy atom. The molecule has 0 bridgehead atoms. The number of carbonyl (C=O) groups is 2. The SMILES string of the molecule is CCCCCCCC(=O)NNC(=O)COc1ccc(C(C)C)cc1Br. The topological polar surface area (TPSA) is 67.4 Å². The highest BCUT2D eigenvalue weighted by atomic mass is 79.9. The second-order valence-corrected chi connectivity index (χ2v) is 7.25. The van der Waals surface area contributed by atoms with Crippen molar-refractivity contribution in [2.24, 2.45) is 0 Å². The van der Waals surface area contributed by atoms with E-state index in [-0.39, 0.29) is 18.4 Å². The van der Waals surface area contributed by atoms with Crippen LogP contribution in [0, 0.1) is 0 Å². The predicted molar refractivity (Wildman–Crippen MR) is 103 cm³/mol. The van der Waals surface area contributed by atoms with Gasteiger partial charge in [-0.15, -0.1) is 0 Å². The Kier molecular flexibility index (Phi) is 10.2. The molecular formula is C19H29BrN2O3. The molecule has 0 radical (unpaired) electrons. The molecule has 0 aromatic heterocycles. The van der Waals surface area contributed by atoms with Gasteiger partial charge in [0.2, 0.25) is 5.91 Å². The fourth-order valence-electron chi connectivity index (χ4n) is 2.26. The van der Waals surface area contributed by atoms with Gasteiger partial charge in [-0.2, -0.15) is 0 Å². The highest BCUT2D eigenvalue weighted by Crippen LogP contribution is 2.28. The Bertz CT molecular complexity index is 562. The van der Waals surface area contributed by atoms with E-state index in [1.165, 1.54) is 18.4 Å². The van der Waals surface area contributed by atoms with E-state index in [0.29, 0.717) is 18.1 Å². The zero-order valence-electron chi connectivity index (χ0n) is 15.4. The number of carbonyl (C=O) groups excluding carboxylic acids is 2. The smallest absolute Gasteiger partial charge is 0.276 e. The van der Waals surface area contributed by atoms with Gasteiger partial charge < -0.3 is 4.74 Å². The van der Waals surface area contributed by atoms with Gasteiger partial charge in [0.15, 0.2) is 6.61 Å². The molecule has 0 aliphatic rings. The van der Waals surface area contributed by atoms with Crippen LogP contribution >= 0.6 is 15.9 Å². The Morgan fingerprint density at radius 3 is 2.40 bits per heavy atom. The molecule has 6 heteroatoms. The molecule has 0 saturated heterocycles. The number of ether oxygens (including phenoxy) is 1. The molecule has 2 amide bonds. The lowest BCUT2D eigenvalue weighted by Crippen LogP contribution is -2.43. The summed E-state index contributed by atoms with van der Waals surface area (Å²) in [5.74, 6) is 0.458. The van der Waals surface area contributed by atoms with Crippen molar-refractivity contribution in [1.82, 2.24) is 10.9 Å². The number of nitrogens with one attached hydrogen (secondary N) is 2. The number of hydrogen-bond acceptors (Lipinski definition) is 3. The number of rotatable bonds is 10. The molecule has 1 rings (SSSR count). The van der Waals surface area contributed by atoms with E-state index in [0.717, 1.165) is 23.7 Å².